The van der Waals surface area contributed by atoms with Crippen LogP contribution < -0.4 is 0 Å². The van der Waals surface area contributed by atoms with Crippen LogP contribution in [0.4, 0.5) is 0 Å². The van der Waals surface area contributed by atoms with Crippen molar-refractivity contribution < 1.29 is 4.42 Å². The molecule has 0 unspecified atom stereocenters. The smallest absolute Gasteiger partial charge is 0.247 e. The predicted molar refractivity (Wildman–Crippen MR) is 101 cm³/mol. The highest BCUT2D eigenvalue weighted by Crippen LogP contribution is 2.41. The third-order valence-electron chi connectivity index (χ3n) is 4.33. The fourth-order valence-electron chi connectivity index (χ4n) is 2.87. The molecule has 1 aliphatic carbocycles. The summed E-state index contributed by atoms with van der Waals surface area (Å²) >= 11 is 1.57. The molecule has 0 aliphatic heterocycles. The number of benzene rings is 1. The molecule has 1 fully saturated rings. The van der Waals surface area contributed by atoms with Crippen LogP contribution in [0.5, 0.6) is 0 Å². The summed E-state index contributed by atoms with van der Waals surface area (Å²) in [5.74, 6) is 2.56. The highest BCUT2D eigenvalue weighted by atomic mass is 32.2. The van der Waals surface area contributed by atoms with Crippen molar-refractivity contribution in [1.29, 1.82) is 0 Å². The van der Waals surface area contributed by atoms with Gasteiger partial charge in [0.05, 0.1) is 5.75 Å². The molecule has 4 aromatic rings. The summed E-state index contributed by atoms with van der Waals surface area (Å²) in [6.45, 7) is 0. The van der Waals surface area contributed by atoms with E-state index in [1.54, 1.807) is 24.2 Å². The largest absolute Gasteiger partial charge is 0.420 e. The van der Waals surface area contributed by atoms with Crippen molar-refractivity contribution in [2.75, 3.05) is 0 Å². The monoisotopic (exact) mass is 376 g/mol. The second kappa shape index (κ2) is 6.96. The Morgan fingerprint density at radius 1 is 0.926 bits per heavy atom. The maximum Gasteiger partial charge on any atom is 0.247 e. The van der Waals surface area contributed by atoms with Gasteiger partial charge >= 0.3 is 0 Å². The fraction of sp³-hybridized carbons (Fsp3) is 0.211. The first-order valence-corrected chi connectivity index (χ1v) is 9.73. The van der Waals surface area contributed by atoms with E-state index in [1.165, 1.54) is 0 Å². The van der Waals surface area contributed by atoms with E-state index in [4.69, 9.17) is 4.42 Å². The Morgan fingerprint density at radius 3 is 2.52 bits per heavy atom. The van der Waals surface area contributed by atoms with Crippen molar-refractivity contribution in [1.82, 2.24) is 29.9 Å². The van der Waals surface area contributed by atoms with Gasteiger partial charge < -0.3 is 4.42 Å². The van der Waals surface area contributed by atoms with Crippen LogP contribution in [0.1, 0.15) is 24.8 Å². The maximum atomic E-state index is 5.79. The van der Waals surface area contributed by atoms with Crippen LogP contribution in [0.25, 0.3) is 22.8 Å². The quantitative estimate of drug-likeness (QED) is 0.470. The lowest BCUT2D eigenvalue weighted by Gasteiger charge is -2.07. The Morgan fingerprint density at radius 2 is 1.74 bits per heavy atom. The van der Waals surface area contributed by atoms with Gasteiger partial charge in [0.2, 0.25) is 11.8 Å². The first kappa shape index (κ1) is 16.2. The summed E-state index contributed by atoms with van der Waals surface area (Å²) in [6, 6.07) is 14.2. The molecule has 0 bridgehead atoms. The minimum Gasteiger partial charge on any atom is -0.420 e. The van der Waals surface area contributed by atoms with Gasteiger partial charge in [-0.05, 0) is 37.1 Å². The molecular weight excluding hydrogens is 360 g/mol. The van der Waals surface area contributed by atoms with Gasteiger partial charge in [-0.2, -0.15) is 0 Å². The summed E-state index contributed by atoms with van der Waals surface area (Å²) in [6.07, 6.45) is 5.86. The number of rotatable bonds is 6. The Hall–Kier alpha value is -3.00. The second-order valence-corrected chi connectivity index (χ2v) is 7.24. The van der Waals surface area contributed by atoms with Crippen molar-refractivity contribution in [3.8, 4) is 22.8 Å². The number of aromatic nitrogens is 6. The van der Waals surface area contributed by atoms with Crippen molar-refractivity contribution >= 4 is 11.8 Å². The van der Waals surface area contributed by atoms with Crippen molar-refractivity contribution in [3.63, 3.8) is 0 Å². The number of hydrogen-bond donors (Lipinski definition) is 0. The van der Waals surface area contributed by atoms with Crippen LogP contribution >= 0.6 is 11.8 Å². The van der Waals surface area contributed by atoms with Crippen LogP contribution in [0.3, 0.4) is 0 Å². The highest BCUT2D eigenvalue weighted by Gasteiger charge is 2.30. The van der Waals surface area contributed by atoms with Gasteiger partial charge in [-0.1, -0.05) is 30.0 Å². The highest BCUT2D eigenvalue weighted by molar-refractivity contribution is 7.98. The SMILES string of the molecule is c1ccc(-c2nnc(CSc3nnc(-c4ccncc4)n3C3CC3)o2)cc1. The first-order valence-electron chi connectivity index (χ1n) is 8.74. The van der Waals surface area contributed by atoms with Crippen molar-refractivity contribution in [3.05, 3.63) is 60.7 Å². The molecule has 0 spiro atoms. The molecule has 0 atom stereocenters. The molecule has 5 rings (SSSR count). The number of hydrogen-bond acceptors (Lipinski definition) is 7. The Kier molecular flexibility index (Phi) is 4.17. The molecule has 0 saturated heterocycles. The number of pyridine rings is 1. The Labute approximate surface area is 159 Å². The molecule has 1 aliphatic rings. The van der Waals surface area contributed by atoms with E-state index in [2.05, 4.69) is 29.9 Å². The van der Waals surface area contributed by atoms with Crippen LogP contribution in [0.15, 0.2) is 64.4 Å². The van der Waals surface area contributed by atoms with E-state index < -0.39 is 0 Å². The molecule has 1 aromatic carbocycles. The third kappa shape index (κ3) is 3.35. The van der Waals surface area contributed by atoms with E-state index in [0.717, 1.165) is 34.9 Å². The fourth-order valence-corrected chi connectivity index (χ4v) is 3.71. The average molecular weight is 376 g/mol. The van der Waals surface area contributed by atoms with Crippen LogP contribution in [0.2, 0.25) is 0 Å². The standard InChI is InChI=1S/C19H16N6OS/c1-2-4-14(5-3-1)18-23-21-16(26-18)12-27-19-24-22-17(25(19)15-6-7-15)13-8-10-20-11-9-13/h1-5,8-11,15H,6-7,12H2. The lowest BCUT2D eigenvalue weighted by atomic mass is 10.2. The zero-order chi connectivity index (χ0) is 18.1. The molecular formula is C19H16N6OS. The molecule has 0 N–H and O–H groups in total. The van der Waals surface area contributed by atoms with Crippen LogP contribution in [-0.4, -0.2) is 29.9 Å². The van der Waals surface area contributed by atoms with Gasteiger partial charge in [0.25, 0.3) is 0 Å². The van der Waals surface area contributed by atoms with E-state index >= 15 is 0 Å². The van der Waals surface area contributed by atoms with Gasteiger partial charge in [0, 0.05) is 29.6 Å². The number of nitrogens with zero attached hydrogens (tertiary/aromatic N) is 6. The summed E-state index contributed by atoms with van der Waals surface area (Å²) in [7, 11) is 0. The zero-order valence-corrected chi connectivity index (χ0v) is 15.2. The van der Waals surface area contributed by atoms with Crippen LogP contribution in [0, 0.1) is 0 Å². The molecule has 7 nitrogen and oxygen atoms in total. The molecule has 0 radical (unpaired) electrons. The van der Waals surface area contributed by atoms with Gasteiger partial charge in [0.15, 0.2) is 11.0 Å². The van der Waals surface area contributed by atoms with E-state index in [-0.39, 0.29) is 0 Å². The zero-order valence-electron chi connectivity index (χ0n) is 14.4. The maximum absolute atomic E-state index is 5.79. The van der Waals surface area contributed by atoms with Crippen LogP contribution in [-0.2, 0) is 5.75 Å². The summed E-state index contributed by atoms with van der Waals surface area (Å²) in [5, 5.41) is 18.0. The lowest BCUT2D eigenvalue weighted by molar-refractivity contribution is 0.528. The second-order valence-electron chi connectivity index (χ2n) is 6.30. The average Bonchev–Trinajstić information content (AvgIpc) is 3.30. The van der Waals surface area contributed by atoms with Gasteiger partial charge in [-0.15, -0.1) is 20.4 Å². The Balaban J connectivity index is 1.36. The topological polar surface area (TPSA) is 82.5 Å². The normalized spacial score (nSPS) is 13.8. The summed E-state index contributed by atoms with van der Waals surface area (Å²) in [5.41, 5.74) is 1.95. The van der Waals surface area contributed by atoms with E-state index in [0.29, 0.717) is 23.6 Å². The van der Waals surface area contributed by atoms with Gasteiger partial charge in [-0.3, -0.25) is 9.55 Å². The molecule has 8 heteroatoms. The van der Waals surface area contributed by atoms with E-state index in [9.17, 15) is 0 Å². The molecule has 1 saturated carbocycles. The molecule has 3 heterocycles. The molecule has 0 amide bonds. The van der Waals surface area contributed by atoms with Crippen molar-refractivity contribution in [2.45, 2.75) is 29.8 Å². The summed E-state index contributed by atoms with van der Waals surface area (Å²) < 4.78 is 8.01. The minimum atomic E-state index is 0.466. The minimum absolute atomic E-state index is 0.466. The lowest BCUT2D eigenvalue weighted by Crippen LogP contribution is -2.00. The van der Waals surface area contributed by atoms with Crippen molar-refractivity contribution in [2.24, 2.45) is 0 Å². The first-order chi connectivity index (χ1) is 13.4. The molecule has 3 aromatic heterocycles. The number of thioether (sulfide) groups is 1. The molecule has 27 heavy (non-hydrogen) atoms. The Bertz CT molecular complexity index is 1040. The van der Waals surface area contributed by atoms with E-state index in [1.807, 2.05) is 42.5 Å². The van der Waals surface area contributed by atoms with Gasteiger partial charge in [0.1, 0.15) is 0 Å². The molecule has 134 valence electrons. The summed E-state index contributed by atoms with van der Waals surface area (Å²) in [4.78, 5) is 4.08. The van der Waals surface area contributed by atoms with Gasteiger partial charge in [-0.25, -0.2) is 0 Å². The predicted octanol–water partition coefficient (Wildman–Crippen LogP) is 4.02. The third-order valence-corrected chi connectivity index (χ3v) is 5.26.